The van der Waals surface area contributed by atoms with Crippen molar-refractivity contribution in [3.8, 4) is 0 Å². The summed E-state index contributed by atoms with van der Waals surface area (Å²) in [4.78, 5) is 36.8. The predicted octanol–water partition coefficient (Wildman–Crippen LogP) is 2.41. The molecule has 24 heavy (non-hydrogen) atoms. The lowest BCUT2D eigenvalue weighted by Crippen LogP contribution is -2.53. The Morgan fingerprint density at radius 3 is 2.54 bits per heavy atom. The summed E-state index contributed by atoms with van der Waals surface area (Å²) in [6.45, 7) is 5.06. The van der Waals surface area contributed by atoms with Gasteiger partial charge in [-0.3, -0.25) is 9.59 Å². The molecule has 1 aromatic rings. The van der Waals surface area contributed by atoms with Gasteiger partial charge in [0.05, 0.1) is 17.8 Å². The van der Waals surface area contributed by atoms with Crippen molar-refractivity contribution >= 4 is 17.5 Å². The second-order valence-electron chi connectivity index (χ2n) is 6.73. The molecule has 1 aliphatic carbocycles. The van der Waals surface area contributed by atoms with Crippen molar-refractivity contribution < 1.29 is 23.9 Å². The zero-order valence-electron chi connectivity index (χ0n) is 14.0. The SMILES string of the molecule is CC(=O)[C@]1(OC(=O)c2ccc(C)cc2)CO[C@@]2(C)C=CC(=O)C[C@H]21. The van der Waals surface area contributed by atoms with Crippen LogP contribution >= 0.6 is 0 Å². The number of carbonyl (C=O) groups is 3. The van der Waals surface area contributed by atoms with Gasteiger partial charge in [-0.05, 0) is 45.1 Å². The molecule has 1 aliphatic heterocycles. The molecule has 0 aromatic heterocycles. The number of ether oxygens (including phenoxy) is 2. The summed E-state index contributed by atoms with van der Waals surface area (Å²) in [6.07, 6.45) is 3.25. The van der Waals surface area contributed by atoms with Gasteiger partial charge >= 0.3 is 5.97 Å². The first-order valence-corrected chi connectivity index (χ1v) is 7.94. The highest BCUT2D eigenvalue weighted by molar-refractivity contribution is 5.97. The fourth-order valence-corrected chi connectivity index (χ4v) is 3.42. The third kappa shape index (κ3) is 2.59. The number of hydrogen-bond donors (Lipinski definition) is 0. The number of allylic oxidation sites excluding steroid dienone is 1. The molecule has 126 valence electrons. The summed E-state index contributed by atoms with van der Waals surface area (Å²) in [5, 5.41) is 0. The molecular formula is C19H20O5. The lowest BCUT2D eigenvalue weighted by atomic mass is 9.71. The Labute approximate surface area is 140 Å². The number of ketones is 2. The third-order valence-electron chi connectivity index (χ3n) is 5.02. The van der Waals surface area contributed by atoms with E-state index in [0.717, 1.165) is 5.56 Å². The van der Waals surface area contributed by atoms with Crippen LogP contribution in [0.1, 0.15) is 36.2 Å². The zero-order chi connectivity index (χ0) is 17.5. The van der Waals surface area contributed by atoms with Crippen molar-refractivity contribution in [3.05, 3.63) is 47.5 Å². The Hall–Kier alpha value is -2.27. The van der Waals surface area contributed by atoms with E-state index in [-0.39, 0.29) is 24.6 Å². The summed E-state index contributed by atoms with van der Waals surface area (Å²) in [5.74, 6) is -1.51. The molecule has 5 heteroatoms. The fourth-order valence-electron chi connectivity index (χ4n) is 3.42. The lowest BCUT2D eigenvalue weighted by Gasteiger charge is -2.37. The molecule has 0 radical (unpaired) electrons. The first-order chi connectivity index (χ1) is 11.3. The Balaban J connectivity index is 1.94. The number of aryl methyl sites for hydroxylation is 1. The Kier molecular flexibility index (Phi) is 3.92. The topological polar surface area (TPSA) is 69.7 Å². The summed E-state index contributed by atoms with van der Waals surface area (Å²) in [6, 6.07) is 6.93. The van der Waals surface area contributed by atoms with Crippen LogP contribution in [0.4, 0.5) is 0 Å². The van der Waals surface area contributed by atoms with Crippen molar-refractivity contribution in [2.24, 2.45) is 5.92 Å². The maximum atomic E-state index is 12.5. The van der Waals surface area contributed by atoms with Crippen molar-refractivity contribution in [2.75, 3.05) is 6.61 Å². The predicted molar refractivity (Wildman–Crippen MR) is 86.6 cm³/mol. The maximum Gasteiger partial charge on any atom is 0.339 e. The van der Waals surface area contributed by atoms with E-state index in [0.29, 0.717) is 5.56 Å². The van der Waals surface area contributed by atoms with Crippen LogP contribution in [-0.4, -0.2) is 35.3 Å². The highest BCUT2D eigenvalue weighted by atomic mass is 16.6. The van der Waals surface area contributed by atoms with E-state index in [2.05, 4.69) is 0 Å². The Morgan fingerprint density at radius 1 is 1.25 bits per heavy atom. The summed E-state index contributed by atoms with van der Waals surface area (Å²) >= 11 is 0. The van der Waals surface area contributed by atoms with Crippen LogP contribution in [0.25, 0.3) is 0 Å². The molecule has 0 saturated carbocycles. The molecule has 1 aromatic carbocycles. The van der Waals surface area contributed by atoms with E-state index in [4.69, 9.17) is 9.47 Å². The molecule has 5 nitrogen and oxygen atoms in total. The Bertz CT molecular complexity index is 733. The average Bonchev–Trinajstić information content (AvgIpc) is 2.82. The molecule has 3 rings (SSSR count). The van der Waals surface area contributed by atoms with Crippen molar-refractivity contribution in [2.45, 2.75) is 38.4 Å². The lowest BCUT2D eigenvalue weighted by molar-refractivity contribution is -0.141. The van der Waals surface area contributed by atoms with Crippen molar-refractivity contribution in [1.29, 1.82) is 0 Å². The van der Waals surface area contributed by atoms with Gasteiger partial charge in [0.15, 0.2) is 17.2 Å². The van der Waals surface area contributed by atoms with E-state index in [9.17, 15) is 14.4 Å². The minimum Gasteiger partial charge on any atom is -0.445 e. The van der Waals surface area contributed by atoms with Gasteiger partial charge in [0.2, 0.25) is 0 Å². The smallest absolute Gasteiger partial charge is 0.339 e. The normalized spacial score (nSPS) is 31.6. The molecule has 0 bridgehead atoms. The molecule has 1 fully saturated rings. The molecule has 1 saturated heterocycles. The van der Waals surface area contributed by atoms with Gasteiger partial charge in [0.1, 0.15) is 0 Å². The van der Waals surface area contributed by atoms with Gasteiger partial charge in [0.25, 0.3) is 0 Å². The molecule has 2 aliphatic rings. The molecule has 0 amide bonds. The molecule has 0 unspecified atom stereocenters. The van der Waals surface area contributed by atoms with E-state index >= 15 is 0 Å². The van der Waals surface area contributed by atoms with Gasteiger partial charge in [-0.2, -0.15) is 0 Å². The van der Waals surface area contributed by atoms with Crippen LogP contribution in [0.3, 0.4) is 0 Å². The van der Waals surface area contributed by atoms with Crippen LogP contribution in [0.15, 0.2) is 36.4 Å². The second-order valence-corrected chi connectivity index (χ2v) is 6.73. The monoisotopic (exact) mass is 328 g/mol. The number of rotatable bonds is 3. The van der Waals surface area contributed by atoms with E-state index < -0.39 is 23.1 Å². The quantitative estimate of drug-likeness (QED) is 0.797. The summed E-state index contributed by atoms with van der Waals surface area (Å²) in [5.41, 5.74) is -0.829. The molecule has 0 N–H and O–H groups in total. The number of carbonyl (C=O) groups excluding carboxylic acids is 3. The average molecular weight is 328 g/mol. The maximum absolute atomic E-state index is 12.5. The van der Waals surface area contributed by atoms with Gasteiger partial charge in [0, 0.05) is 12.3 Å². The standard InChI is InChI=1S/C19H20O5/c1-12-4-6-14(7-5-12)17(22)24-19(13(2)20)11-23-18(3)9-8-15(21)10-16(18)19/h4-9,16H,10-11H2,1-3H3/t16-,18+,19-/m1/s1. The van der Waals surface area contributed by atoms with Crippen molar-refractivity contribution in [3.63, 3.8) is 0 Å². The number of Topliss-reactive ketones (excluding diaryl/α,β-unsaturated/α-hetero) is 1. The highest BCUT2D eigenvalue weighted by Gasteiger charge is 2.62. The first kappa shape index (κ1) is 16.6. The second kappa shape index (κ2) is 5.67. The minimum absolute atomic E-state index is 0.0429. The molecule has 1 heterocycles. The van der Waals surface area contributed by atoms with Gasteiger partial charge in [-0.1, -0.05) is 17.7 Å². The summed E-state index contributed by atoms with van der Waals surface area (Å²) < 4.78 is 11.5. The molecule has 3 atom stereocenters. The van der Waals surface area contributed by atoms with Crippen LogP contribution in [0.2, 0.25) is 0 Å². The van der Waals surface area contributed by atoms with Crippen LogP contribution in [0, 0.1) is 12.8 Å². The fraction of sp³-hybridized carbons (Fsp3) is 0.421. The zero-order valence-corrected chi connectivity index (χ0v) is 14.0. The van der Waals surface area contributed by atoms with Gasteiger partial charge in [-0.25, -0.2) is 4.79 Å². The highest BCUT2D eigenvalue weighted by Crippen LogP contribution is 2.47. The molecule has 0 spiro atoms. The van der Waals surface area contributed by atoms with Crippen LogP contribution < -0.4 is 0 Å². The third-order valence-corrected chi connectivity index (χ3v) is 5.02. The van der Waals surface area contributed by atoms with Crippen LogP contribution in [0.5, 0.6) is 0 Å². The largest absolute Gasteiger partial charge is 0.445 e. The molecular weight excluding hydrogens is 308 g/mol. The van der Waals surface area contributed by atoms with E-state index in [1.165, 1.54) is 13.0 Å². The van der Waals surface area contributed by atoms with E-state index in [1.807, 2.05) is 13.8 Å². The van der Waals surface area contributed by atoms with Gasteiger partial charge < -0.3 is 9.47 Å². The number of fused-ring (bicyclic) bond motifs is 1. The summed E-state index contributed by atoms with van der Waals surface area (Å²) in [7, 11) is 0. The number of hydrogen-bond acceptors (Lipinski definition) is 5. The Morgan fingerprint density at radius 2 is 1.92 bits per heavy atom. The van der Waals surface area contributed by atoms with E-state index in [1.54, 1.807) is 30.3 Å². The first-order valence-electron chi connectivity index (χ1n) is 7.94. The number of benzene rings is 1. The van der Waals surface area contributed by atoms with Crippen molar-refractivity contribution in [1.82, 2.24) is 0 Å². The number of esters is 1. The van der Waals surface area contributed by atoms with Crippen LogP contribution in [-0.2, 0) is 19.1 Å². The van der Waals surface area contributed by atoms with Gasteiger partial charge in [-0.15, -0.1) is 0 Å². The minimum atomic E-state index is -1.43.